The van der Waals surface area contributed by atoms with E-state index >= 15 is 0 Å². The molecule has 40 heavy (non-hydrogen) atoms. The summed E-state index contributed by atoms with van der Waals surface area (Å²) in [5.41, 5.74) is 5.77. The first-order valence-corrected chi connectivity index (χ1v) is 13.2. The van der Waals surface area contributed by atoms with Crippen molar-refractivity contribution < 1.29 is 19.1 Å². The summed E-state index contributed by atoms with van der Waals surface area (Å²) in [4.78, 5) is 36.1. The normalized spacial score (nSPS) is 13.6. The van der Waals surface area contributed by atoms with Crippen LogP contribution in [0, 0.1) is 0 Å². The maximum Gasteiger partial charge on any atom is 0.244 e. The minimum atomic E-state index is -0.205. The second-order valence-electron chi connectivity index (χ2n) is 9.61. The number of amides is 2. The molecule has 206 valence electrons. The highest BCUT2D eigenvalue weighted by Crippen LogP contribution is 2.32. The molecule has 2 N–H and O–H groups in total. The first-order valence-electron chi connectivity index (χ1n) is 13.2. The maximum atomic E-state index is 12.6. The average Bonchev–Trinajstić information content (AvgIpc) is 3.42. The van der Waals surface area contributed by atoms with Crippen molar-refractivity contribution in [3.05, 3.63) is 78.1 Å². The largest absolute Gasteiger partial charge is 0.493 e. The van der Waals surface area contributed by atoms with E-state index < -0.39 is 0 Å². The number of piperazine rings is 1. The van der Waals surface area contributed by atoms with Crippen LogP contribution in [0.15, 0.2) is 67.0 Å². The average molecular weight is 540 g/mol. The molecule has 9 nitrogen and oxygen atoms in total. The van der Waals surface area contributed by atoms with E-state index in [-0.39, 0.29) is 11.8 Å². The van der Waals surface area contributed by atoms with Gasteiger partial charge in [0.1, 0.15) is 5.65 Å². The molecule has 4 aromatic rings. The number of hydrogen-bond acceptors (Lipinski definition) is 6. The van der Waals surface area contributed by atoms with Crippen LogP contribution in [-0.2, 0) is 16.1 Å². The number of anilines is 1. The molecule has 0 spiro atoms. The number of aromatic amines is 1. The molecule has 1 fully saturated rings. The van der Waals surface area contributed by atoms with Crippen molar-refractivity contribution in [3.63, 3.8) is 0 Å². The number of carbonyl (C=O) groups is 2. The van der Waals surface area contributed by atoms with Crippen LogP contribution in [0.4, 0.5) is 5.69 Å². The van der Waals surface area contributed by atoms with Gasteiger partial charge in [-0.15, -0.1) is 0 Å². The maximum absolute atomic E-state index is 12.6. The number of rotatable bonds is 8. The summed E-state index contributed by atoms with van der Waals surface area (Å²) >= 11 is 0. The highest BCUT2D eigenvalue weighted by atomic mass is 16.5. The van der Waals surface area contributed by atoms with Crippen molar-refractivity contribution in [3.8, 4) is 22.6 Å². The summed E-state index contributed by atoms with van der Waals surface area (Å²) in [5.74, 6) is 1.18. The van der Waals surface area contributed by atoms with Gasteiger partial charge in [0.15, 0.2) is 11.5 Å². The molecule has 2 amide bonds. The quantitative estimate of drug-likeness (QED) is 0.325. The smallest absolute Gasteiger partial charge is 0.244 e. The van der Waals surface area contributed by atoms with E-state index in [0.29, 0.717) is 18.0 Å². The number of aromatic nitrogens is 2. The van der Waals surface area contributed by atoms with Gasteiger partial charge in [-0.2, -0.15) is 0 Å². The van der Waals surface area contributed by atoms with Crippen LogP contribution in [0.3, 0.4) is 0 Å². The Labute approximate surface area is 233 Å². The second-order valence-corrected chi connectivity index (χ2v) is 9.61. The Hall–Kier alpha value is -4.79. The molecule has 0 bridgehead atoms. The zero-order chi connectivity index (χ0) is 28.1. The highest BCUT2D eigenvalue weighted by molar-refractivity contribution is 6.01. The summed E-state index contributed by atoms with van der Waals surface area (Å²) in [6, 6.07) is 16.0. The van der Waals surface area contributed by atoms with E-state index in [1.807, 2.05) is 35.4 Å². The SMILES string of the molecule is COc1ccc(CNC(=O)/C=C/c2c[nH]c3nccc(-c4ccc(N5CCN(C(C)=O)CC5)cc4)c23)cc1OC. The van der Waals surface area contributed by atoms with Gasteiger partial charge in [-0.05, 0) is 53.1 Å². The number of hydrogen-bond donors (Lipinski definition) is 2. The Kier molecular flexibility index (Phi) is 8.00. The summed E-state index contributed by atoms with van der Waals surface area (Å²) in [6.07, 6.45) is 6.98. The number of H-pyrrole nitrogens is 1. The highest BCUT2D eigenvalue weighted by Gasteiger charge is 2.19. The number of methoxy groups -OCH3 is 2. The number of ether oxygens (including phenoxy) is 2. The second kappa shape index (κ2) is 11.9. The van der Waals surface area contributed by atoms with Gasteiger partial charge in [-0.25, -0.2) is 4.98 Å². The number of carbonyl (C=O) groups excluding carboxylic acids is 2. The van der Waals surface area contributed by atoms with Crippen molar-refractivity contribution in [2.75, 3.05) is 45.3 Å². The molecular formula is C31H33N5O4. The van der Waals surface area contributed by atoms with Crippen LogP contribution >= 0.6 is 0 Å². The first-order chi connectivity index (χ1) is 19.5. The van der Waals surface area contributed by atoms with Crippen LogP contribution in [0.2, 0.25) is 0 Å². The number of benzene rings is 2. The van der Waals surface area contributed by atoms with Gasteiger partial charge in [0.05, 0.1) is 14.2 Å². The standard InChI is InChI=1S/C31H33N5O4/c1-21(37)35-14-16-36(17-15-35)25-8-5-23(6-9-25)26-12-13-32-31-30(26)24(20-34-31)7-11-29(38)33-19-22-4-10-27(39-2)28(18-22)40-3/h4-13,18,20H,14-17,19H2,1-3H3,(H,32,34)(H,33,38)/b11-7+. The summed E-state index contributed by atoms with van der Waals surface area (Å²) in [6.45, 7) is 5.10. The Morgan fingerprint density at radius 2 is 1.75 bits per heavy atom. The molecule has 3 heterocycles. The molecule has 0 saturated carbocycles. The number of pyridine rings is 1. The van der Waals surface area contributed by atoms with E-state index in [2.05, 4.69) is 44.5 Å². The Morgan fingerprint density at radius 1 is 1.00 bits per heavy atom. The molecule has 5 rings (SSSR count). The van der Waals surface area contributed by atoms with Crippen molar-refractivity contribution in [2.45, 2.75) is 13.5 Å². The monoisotopic (exact) mass is 539 g/mol. The Bertz CT molecular complexity index is 1540. The number of nitrogens with zero attached hydrogens (tertiary/aromatic N) is 3. The first kappa shape index (κ1) is 26.8. The Morgan fingerprint density at radius 3 is 2.45 bits per heavy atom. The van der Waals surface area contributed by atoms with E-state index in [0.717, 1.165) is 65.2 Å². The van der Waals surface area contributed by atoms with Gasteiger partial charge in [0.2, 0.25) is 11.8 Å². The molecule has 0 atom stereocenters. The number of nitrogens with one attached hydrogen (secondary N) is 2. The topological polar surface area (TPSA) is 99.8 Å². The van der Waals surface area contributed by atoms with E-state index in [1.165, 1.54) is 6.08 Å². The van der Waals surface area contributed by atoms with E-state index in [1.54, 1.807) is 33.4 Å². The van der Waals surface area contributed by atoms with Crippen LogP contribution in [-0.4, -0.2) is 67.1 Å². The van der Waals surface area contributed by atoms with Crippen LogP contribution in [0.25, 0.3) is 28.2 Å². The fraction of sp³-hybridized carbons (Fsp3) is 0.258. The third-order valence-electron chi connectivity index (χ3n) is 7.20. The van der Waals surface area contributed by atoms with E-state index in [9.17, 15) is 9.59 Å². The molecule has 2 aromatic heterocycles. The zero-order valence-electron chi connectivity index (χ0n) is 22.9. The van der Waals surface area contributed by atoms with Gasteiger partial charge >= 0.3 is 0 Å². The van der Waals surface area contributed by atoms with Crippen molar-refractivity contribution in [1.29, 1.82) is 0 Å². The fourth-order valence-electron chi connectivity index (χ4n) is 4.99. The third kappa shape index (κ3) is 5.78. The minimum absolute atomic E-state index is 0.128. The molecular weight excluding hydrogens is 506 g/mol. The molecule has 2 aromatic carbocycles. The predicted molar refractivity (Wildman–Crippen MR) is 156 cm³/mol. The molecule has 9 heteroatoms. The minimum Gasteiger partial charge on any atom is -0.493 e. The third-order valence-corrected chi connectivity index (χ3v) is 7.20. The summed E-state index contributed by atoms with van der Waals surface area (Å²) in [7, 11) is 3.17. The van der Waals surface area contributed by atoms with Crippen molar-refractivity contribution in [2.24, 2.45) is 0 Å². The van der Waals surface area contributed by atoms with E-state index in [4.69, 9.17) is 9.47 Å². The number of fused-ring (bicyclic) bond motifs is 1. The van der Waals surface area contributed by atoms with Gasteiger partial charge < -0.3 is 29.6 Å². The summed E-state index contributed by atoms with van der Waals surface area (Å²) in [5, 5.41) is 3.87. The predicted octanol–water partition coefficient (Wildman–Crippen LogP) is 4.25. The van der Waals surface area contributed by atoms with Crippen molar-refractivity contribution >= 4 is 34.6 Å². The van der Waals surface area contributed by atoms with Gasteiger partial charge in [-0.1, -0.05) is 18.2 Å². The van der Waals surface area contributed by atoms with Crippen molar-refractivity contribution in [1.82, 2.24) is 20.2 Å². The molecule has 0 aliphatic carbocycles. The van der Waals surface area contributed by atoms with Gasteiger partial charge in [0, 0.05) is 74.8 Å². The molecule has 0 radical (unpaired) electrons. The lowest BCUT2D eigenvalue weighted by Crippen LogP contribution is -2.48. The van der Waals surface area contributed by atoms with Gasteiger partial charge in [-0.3, -0.25) is 9.59 Å². The lowest BCUT2D eigenvalue weighted by atomic mass is 10.0. The zero-order valence-corrected chi connectivity index (χ0v) is 22.9. The molecule has 0 unspecified atom stereocenters. The van der Waals surface area contributed by atoms with Crippen LogP contribution < -0.4 is 19.7 Å². The van der Waals surface area contributed by atoms with Crippen LogP contribution in [0.1, 0.15) is 18.1 Å². The molecule has 1 saturated heterocycles. The molecule has 1 aliphatic rings. The lowest BCUT2D eigenvalue weighted by molar-refractivity contribution is -0.129. The lowest BCUT2D eigenvalue weighted by Gasteiger charge is -2.35. The fourth-order valence-corrected chi connectivity index (χ4v) is 4.99. The molecule has 1 aliphatic heterocycles. The summed E-state index contributed by atoms with van der Waals surface area (Å²) < 4.78 is 10.6. The Balaban J connectivity index is 1.29. The van der Waals surface area contributed by atoms with Gasteiger partial charge in [0.25, 0.3) is 0 Å². The van der Waals surface area contributed by atoms with Crippen LogP contribution in [0.5, 0.6) is 11.5 Å².